The molecule has 0 spiro atoms. The minimum absolute atomic E-state index is 0.186. The van der Waals surface area contributed by atoms with Crippen LogP contribution in [0.25, 0.3) is 11.0 Å². The first-order valence-electron chi connectivity index (χ1n) is 11.9. The van der Waals surface area contributed by atoms with E-state index in [1.807, 2.05) is 6.07 Å². The zero-order valence-electron chi connectivity index (χ0n) is 17.6. The van der Waals surface area contributed by atoms with Crippen LogP contribution in [-0.2, 0) is 0 Å². The molecule has 5 heteroatoms. The lowest BCUT2D eigenvalue weighted by Gasteiger charge is -2.37. The fourth-order valence-corrected chi connectivity index (χ4v) is 5.68. The molecule has 0 bridgehead atoms. The zero-order valence-corrected chi connectivity index (χ0v) is 17.6. The topological polar surface area (TPSA) is 33.1 Å². The van der Waals surface area contributed by atoms with E-state index in [0.29, 0.717) is 12.0 Å². The van der Waals surface area contributed by atoms with Gasteiger partial charge < -0.3 is 14.8 Å². The zero-order chi connectivity index (χ0) is 19.6. The van der Waals surface area contributed by atoms with Crippen molar-refractivity contribution < 1.29 is 4.39 Å². The number of likely N-dealkylation sites (tertiary alicyclic amines) is 1. The van der Waals surface area contributed by atoms with Crippen LogP contribution in [0.2, 0.25) is 0 Å². The van der Waals surface area contributed by atoms with E-state index in [4.69, 9.17) is 4.98 Å². The minimum Gasteiger partial charge on any atom is -0.324 e. The summed E-state index contributed by atoms with van der Waals surface area (Å²) in [4.78, 5) is 7.59. The van der Waals surface area contributed by atoms with Crippen LogP contribution in [0.15, 0.2) is 18.2 Å². The predicted molar refractivity (Wildman–Crippen MR) is 116 cm³/mol. The Kier molecular flexibility index (Phi) is 5.87. The molecule has 1 aromatic heterocycles. The van der Waals surface area contributed by atoms with Crippen molar-refractivity contribution in [2.75, 3.05) is 32.7 Å². The van der Waals surface area contributed by atoms with Gasteiger partial charge >= 0.3 is 0 Å². The molecule has 1 aromatic carbocycles. The third kappa shape index (κ3) is 4.22. The molecule has 0 atom stereocenters. The molecule has 3 heterocycles. The van der Waals surface area contributed by atoms with Crippen molar-refractivity contribution >= 4 is 11.0 Å². The van der Waals surface area contributed by atoms with Crippen molar-refractivity contribution in [2.24, 2.45) is 5.92 Å². The number of nitrogens with one attached hydrogen (secondary N) is 1. The molecule has 158 valence electrons. The second kappa shape index (κ2) is 8.73. The number of aromatic nitrogens is 2. The number of rotatable bonds is 4. The Morgan fingerprint density at radius 1 is 0.966 bits per heavy atom. The van der Waals surface area contributed by atoms with Crippen molar-refractivity contribution in [3.8, 4) is 0 Å². The van der Waals surface area contributed by atoms with Gasteiger partial charge in [-0.05, 0) is 43.7 Å². The van der Waals surface area contributed by atoms with Crippen molar-refractivity contribution in [2.45, 2.75) is 69.7 Å². The number of imidazole rings is 1. The fraction of sp³-hybridized carbons (Fsp3) is 0.708. The molecule has 1 aliphatic carbocycles. The van der Waals surface area contributed by atoms with Crippen LogP contribution >= 0.6 is 0 Å². The molecule has 1 N–H and O–H groups in total. The number of fused-ring (bicyclic) bond motifs is 1. The van der Waals surface area contributed by atoms with Gasteiger partial charge in [0.15, 0.2) is 0 Å². The van der Waals surface area contributed by atoms with E-state index in [9.17, 15) is 4.39 Å². The van der Waals surface area contributed by atoms with Gasteiger partial charge in [-0.2, -0.15) is 0 Å². The summed E-state index contributed by atoms with van der Waals surface area (Å²) < 4.78 is 16.2. The Labute approximate surface area is 173 Å². The van der Waals surface area contributed by atoms with E-state index in [1.165, 1.54) is 83.2 Å². The summed E-state index contributed by atoms with van der Waals surface area (Å²) in [5.41, 5.74) is 1.94. The Hall–Kier alpha value is -1.46. The average molecular weight is 399 g/mol. The maximum absolute atomic E-state index is 13.8. The van der Waals surface area contributed by atoms with E-state index in [-0.39, 0.29) is 5.82 Å². The number of nitrogens with zero attached hydrogens (tertiary/aromatic N) is 3. The predicted octanol–water partition coefficient (Wildman–Crippen LogP) is 4.86. The van der Waals surface area contributed by atoms with E-state index in [1.54, 1.807) is 12.1 Å². The Morgan fingerprint density at radius 3 is 2.38 bits per heavy atom. The van der Waals surface area contributed by atoms with Crippen LogP contribution in [0.1, 0.15) is 75.6 Å². The normalized spacial score (nSPS) is 23.8. The smallest absolute Gasteiger partial charge is 0.125 e. The highest BCUT2D eigenvalue weighted by molar-refractivity contribution is 5.76. The molecule has 2 aromatic rings. The molecule has 0 radical (unpaired) electrons. The molecule has 3 aliphatic rings. The SMILES string of the molecule is Fc1ccc2c(c1)nc(C1CNC1)n2C1CCN(CC2CCCCCCC2)CC1. The second-order valence-electron chi connectivity index (χ2n) is 9.57. The highest BCUT2D eigenvalue weighted by atomic mass is 19.1. The first-order chi connectivity index (χ1) is 14.3. The summed E-state index contributed by atoms with van der Waals surface area (Å²) in [5, 5.41) is 3.37. The van der Waals surface area contributed by atoms with Gasteiger partial charge in [-0.1, -0.05) is 32.1 Å². The highest BCUT2D eigenvalue weighted by Crippen LogP contribution is 2.34. The van der Waals surface area contributed by atoms with Crippen molar-refractivity contribution in [1.82, 2.24) is 19.8 Å². The van der Waals surface area contributed by atoms with Crippen molar-refractivity contribution in [3.05, 3.63) is 29.8 Å². The Morgan fingerprint density at radius 2 is 1.69 bits per heavy atom. The first-order valence-corrected chi connectivity index (χ1v) is 11.9. The van der Waals surface area contributed by atoms with Crippen molar-refractivity contribution in [1.29, 1.82) is 0 Å². The van der Waals surface area contributed by atoms with E-state index in [0.717, 1.165) is 30.0 Å². The lowest BCUT2D eigenvalue weighted by Crippen LogP contribution is -2.43. The lowest BCUT2D eigenvalue weighted by molar-refractivity contribution is 0.151. The van der Waals surface area contributed by atoms with Crippen LogP contribution in [0.4, 0.5) is 4.39 Å². The van der Waals surface area contributed by atoms with Crippen LogP contribution in [0.5, 0.6) is 0 Å². The molecule has 5 rings (SSSR count). The van der Waals surface area contributed by atoms with Gasteiger partial charge in [0.05, 0.1) is 11.0 Å². The number of benzene rings is 1. The summed E-state index contributed by atoms with van der Waals surface area (Å²) in [6.07, 6.45) is 12.4. The summed E-state index contributed by atoms with van der Waals surface area (Å²) >= 11 is 0. The van der Waals surface area contributed by atoms with Gasteiger partial charge in [-0.25, -0.2) is 9.37 Å². The van der Waals surface area contributed by atoms with Gasteiger partial charge in [-0.3, -0.25) is 0 Å². The van der Waals surface area contributed by atoms with Crippen LogP contribution < -0.4 is 5.32 Å². The van der Waals surface area contributed by atoms with Gasteiger partial charge in [0.25, 0.3) is 0 Å². The lowest BCUT2D eigenvalue weighted by atomic mass is 9.90. The average Bonchev–Trinajstić information content (AvgIpc) is 3.00. The molecule has 4 nitrogen and oxygen atoms in total. The fourth-order valence-electron chi connectivity index (χ4n) is 5.68. The Balaban J connectivity index is 1.28. The quantitative estimate of drug-likeness (QED) is 0.798. The summed E-state index contributed by atoms with van der Waals surface area (Å²) in [5.74, 6) is 2.36. The van der Waals surface area contributed by atoms with E-state index in [2.05, 4.69) is 14.8 Å². The summed E-state index contributed by atoms with van der Waals surface area (Å²) in [6.45, 7) is 5.65. The molecule has 0 unspecified atom stereocenters. The second-order valence-corrected chi connectivity index (χ2v) is 9.57. The van der Waals surface area contributed by atoms with E-state index < -0.39 is 0 Å². The third-order valence-electron chi connectivity index (χ3n) is 7.49. The molecule has 2 saturated heterocycles. The molecule has 1 saturated carbocycles. The number of piperidine rings is 1. The monoisotopic (exact) mass is 398 g/mol. The van der Waals surface area contributed by atoms with Crippen LogP contribution in [0, 0.1) is 11.7 Å². The third-order valence-corrected chi connectivity index (χ3v) is 7.49. The minimum atomic E-state index is -0.186. The maximum atomic E-state index is 13.8. The molecule has 29 heavy (non-hydrogen) atoms. The standard InChI is InChI=1S/C24H35FN4/c25-20-8-9-23-22(14-20)27-24(19-15-26-16-19)29(23)21-10-12-28(13-11-21)17-18-6-4-2-1-3-5-7-18/h8-9,14,18-19,21,26H,1-7,10-13,15-17H2. The van der Waals surface area contributed by atoms with Crippen LogP contribution in [-0.4, -0.2) is 47.2 Å². The molecule has 0 amide bonds. The number of halogens is 1. The molecular formula is C24H35FN4. The van der Waals surface area contributed by atoms with Gasteiger partial charge in [0.1, 0.15) is 11.6 Å². The van der Waals surface area contributed by atoms with Gasteiger partial charge in [0.2, 0.25) is 0 Å². The largest absolute Gasteiger partial charge is 0.324 e. The van der Waals surface area contributed by atoms with Crippen LogP contribution in [0.3, 0.4) is 0 Å². The highest BCUT2D eigenvalue weighted by Gasteiger charge is 2.31. The van der Waals surface area contributed by atoms with E-state index >= 15 is 0 Å². The number of hydrogen-bond donors (Lipinski definition) is 1. The maximum Gasteiger partial charge on any atom is 0.125 e. The Bertz CT molecular complexity index is 812. The molecule has 2 aliphatic heterocycles. The molecular weight excluding hydrogens is 363 g/mol. The molecule has 3 fully saturated rings. The number of hydrogen-bond acceptors (Lipinski definition) is 3. The van der Waals surface area contributed by atoms with Crippen molar-refractivity contribution in [3.63, 3.8) is 0 Å². The first kappa shape index (κ1) is 19.5. The summed E-state index contributed by atoms with van der Waals surface area (Å²) in [6, 6.07) is 5.63. The van der Waals surface area contributed by atoms with Gasteiger partial charge in [0, 0.05) is 50.7 Å². The summed E-state index contributed by atoms with van der Waals surface area (Å²) in [7, 11) is 0. The van der Waals surface area contributed by atoms with Gasteiger partial charge in [-0.15, -0.1) is 0 Å².